The molecular formula is C60H38N2. The van der Waals surface area contributed by atoms with Gasteiger partial charge < -0.3 is 9.13 Å². The average Bonchev–Trinajstić information content (AvgIpc) is 3.82. The van der Waals surface area contributed by atoms with Crippen LogP contribution in [0.25, 0.3) is 122 Å². The van der Waals surface area contributed by atoms with Crippen molar-refractivity contribution in [2.45, 2.75) is 0 Å². The van der Waals surface area contributed by atoms with Crippen LogP contribution in [-0.2, 0) is 0 Å². The maximum Gasteiger partial charge on any atom is 0.0619 e. The smallest absolute Gasteiger partial charge is 0.0619 e. The molecule has 13 rings (SSSR count). The van der Waals surface area contributed by atoms with Crippen molar-refractivity contribution in [1.82, 2.24) is 9.13 Å². The second kappa shape index (κ2) is 13.7. The first kappa shape index (κ1) is 34.6. The quantitative estimate of drug-likeness (QED) is 0.164. The summed E-state index contributed by atoms with van der Waals surface area (Å²) >= 11 is 0. The molecule has 2 aromatic heterocycles. The van der Waals surface area contributed by atoms with Crippen molar-refractivity contribution < 1.29 is 0 Å². The fourth-order valence-corrected chi connectivity index (χ4v) is 10.1. The van der Waals surface area contributed by atoms with Gasteiger partial charge in [0.05, 0.1) is 27.8 Å². The Balaban J connectivity index is 0.889. The zero-order valence-electron chi connectivity index (χ0n) is 33.8. The third-order valence-corrected chi connectivity index (χ3v) is 13.1. The van der Waals surface area contributed by atoms with Gasteiger partial charge in [0.2, 0.25) is 0 Å². The number of hydrogen-bond acceptors (Lipinski definition) is 0. The summed E-state index contributed by atoms with van der Waals surface area (Å²) in [7, 11) is 0. The molecule has 0 saturated heterocycles. The minimum atomic E-state index is 1.16. The van der Waals surface area contributed by atoms with E-state index in [0.29, 0.717) is 0 Å². The zero-order chi connectivity index (χ0) is 40.7. The molecule has 0 aliphatic carbocycles. The first-order valence-electron chi connectivity index (χ1n) is 21.4. The van der Waals surface area contributed by atoms with Gasteiger partial charge in [-0.15, -0.1) is 0 Å². The molecule has 62 heavy (non-hydrogen) atoms. The highest BCUT2D eigenvalue weighted by Crippen LogP contribution is 2.48. The Kier molecular flexibility index (Phi) is 7.64. The molecule has 0 amide bonds. The van der Waals surface area contributed by atoms with Gasteiger partial charge >= 0.3 is 0 Å². The van der Waals surface area contributed by atoms with Crippen LogP contribution in [0.2, 0.25) is 0 Å². The van der Waals surface area contributed by atoms with Crippen LogP contribution in [0.4, 0.5) is 0 Å². The first-order chi connectivity index (χ1) is 30.7. The lowest BCUT2D eigenvalue weighted by molar-refractivity contribution is 1.18. The summed E-state index contributed by atoms with van der Waals surface area (Å²) in [6.07, 6.45) is 0. The Hall–Kier alpha value is -8.20. The van der Waals surface area contributed by atoms with Crippen molar-refractivity contribution in [3.05, 3.63) is 231 Å². The molecular weight excluding hydrogens is 749 g/mol. The van der Waals surface area contributed by atoms with Crippen LogP contribution < -0.4 is 0 Å². The lowest BCUT2D eigenvalue weighted by Crippen LogP contribution is -1.96. The number of hydrogen-bond donors (Lipinski definition) is 0. The van der Waals surface area contributed by atoms with Crippen molar-refractivity contribution in [3.8, 4) is 78.1 Å². The van der Waals surface area contributed by atoms with Crippen molar-refractivity contribution >= 4 is 43.6 Å². The highest BCUT2D eigenvalue weighted by Gasteiger charge is 2.25. The zero-order valence-corrected chi connectivity index (χ0v) is 33.8. The molecule has 1 aliphatic rings. The number of aromatic nitrogens is 2. The standard InChI is InChI=1S/C60H38N2/c1-3-12-39(13-4-1)41-26-31-47(32-27-41)61-56-21-10-9-18-50(56)54-37-45(28-33-57(54)61)42-22-24-43(25-23-42)46-30-35-59-55(38-46)52-20-11-19-51-48-16-7-8-17-49(48)53-36-44(40-14-5-2-6-15-40)29-34-58(53)62(59)60(51)52/h1-38H. The van der Waals surface area contributed by atoms with Crippen molar-refractivity contribution in [2.24, 2.45) is 0 Å². The van der Waals surface area contributed by atoms with Crippen LogP contribution in [0.15, 0.2) is 231 Å². The number of fused-ring (bicyclic) bond motifs is 11. The Morgan fingerprint density at radius 1 is 0.226 bits per heavy atom. The molecule has 0 atom stereocenters. The van der Waals surface area contributed by atoms with Crippen LogP contribution in [0.3, 0.4) is 0 Å². The fraction of sp³-hybridized carbons (Fsp3) is 0. The molecule has 2 nitrogen and oxygen atoms in total. The van der Waals surface area contributed by atoms with E-state index < -0.39 is 0 Å². The van der Waals surface area contributed by atoms with Gasteiger partial charge in [-0.25, -0.2) is 0 Å². The maximum atomic E-state index is 2.50. The SMILES string of the molecule is c1ccc(-c2ccc(-n3c4ccccc4c4cc(-c5ccc(-c6ccc7c(c6)c6cccc8c6n7-c6ccc(-c7ccccc7)cc6-c6ccccc6-8)cc5)ccc43)cc2)cc1. The van der Waals surface area contributed by atoms with E-state index in [1.165, 1.54) is 116 Å². The summed E-state index contributed by atoms with van der Waals surface area (Å²) < 4.78 is 4.90. The molecule has 0 radical (unpaired) electrons. The van der Waals surface area contributed by atoms with Gasteiger partial charge in [-0.2, -0.15) is 0 Å². The monoisotopic (exact) mass is 786 g/mol. The van der Waals surface area contributed by atoms with E-state index in [0.717, 1.165) is 5.69 Å². The Labute approximate surface area is 359 Å². The second-order valence-corrected chi connectivity index (χ2v) is 16.5. The molecule has 12 aromatic rings. The van der Waals surface area contributed by atoms with Crippen LogP contribution in [0, 0.1) is 0 Å². The third kappa shape index (κ3) is 5.30. The summed E-state index contributed by atoms with van der Waals surface area (Å²) in [5, 5.41) is 5.04. The Morgan fingerprint density at radius 3 is 1.35 bits per heavy atom. The minimum Gasteiger partial charge on any atom is -0.309 e. The highest BCUT2D eigenvalue weighted by molar-refractivity contribution is 6.17. The summed E-state index contributed by atoms with van der Waals surface area (Å²) in [5.41, 5.74) is 22.0. The third-order valence-electron chi connectivity index (χ3n) is 13.1. The molecule has 3 heterocycles. The molecule has 0 N–H and O–H groups in total. The summed E-state index contributed by atoms with van der Waals surface area (Å²) in [6, 6.07) is 84.7. The van der Waals surface area contributed by atoms with Gasteiger partial charge in [-0.3, -0.25) is 0 Å². The Morgan fingerprint density at radius 2 is 0.661 bits per heavy atom. The fourth-order valence-electron chi connectivity index (χ4n) is 10.1. The van der Waals surface area contributed by atoms with Gasteiger partial charge in [0, 0.05) is 38.4 Å². The van der Waals surface area contributed by atoms with Gasteiger partial charge in [0.25, 0.3) is 0 Å². The predicted octanol–water partition coefficient (Wildman–Crippen LogP) is 16.2. The summed E-state index contributed by atoms with van der Waals surface area (Å²) in [6.45, 7) is 0. The summed E-state index contributed by atoms with van der Waals surface area (Å²) in [5.74, 6) is 0. The largest absolute Gasteiger partial charge is 0.309 e. The lowest BCUT2D eigenvalue weighted by atomic mass is 9.91. The normalized spacial score (nSPS) is 11.9. The van der Waals surface area contributed by atoms with E-state index in [4.69, 9.17) is 0 Å². The molecule has 2 heteroatoms. The summed E-state index contributed by atoms with van der Waals surface area (Å²) in [4.78, 5) is 0. The van der Waals surface area contributed by atoms with E-state index in [1.807, 2.05) is 0 Å². The number of benzene rings is 10. The van der Waals surface area contributed by atoms with Gasteiger partial charge in [0.1, 0.15) is 0 Å². The molecule has 0 unspecified atom stereocenters. The highest BCUT2D eigenvalue weighted by atomic mass is 15.0. The van der Waals surface area contributed by atoms with E-state index >= 15 is 0 Å². The molecule has 288 valence electrons. The second-order valence-electron chi connectivity index (χ2n) is 16.5. The van der Waals surface area contributed by atoms with E-state index in [9.17, 15) is 0 Å². The van der Waals surface area contributed by atoms with Crippen LogP contribution in [0.1, 0.15) is 0 Å². The molecule has 1 aliphatic heterocycles. The average molecular weight is 787 g/mol. The van der Waals surface area contributed by atoms with Gasteiger partial charge in [-0.1, -0.05) is 176 Å². The van der Waals surface area contributed by atoms with E-state index in [1.54, 1.807) is 0 Å². The maximum absolute atomic E-state index is 2.50. The van der Waals surface area contributed by atoms with Crippen LogP contribution >= 0.6 is 0 Å². The number of nitrogens with zero attached hydrogens (tertiary/aromatic N) is 2. The number of rotatable bonds is 5. The van der Waals surface area contributed by atoms with E-state index in [-0.39, 0.29) is 0 Å². The topological polar surface area (TPSA) is 9.86 Å². The van der Waals surface area contributed by atoms with Crippen molar-refractivity contribution in [1.29, 1.82) is 0 Å². The molecule has 0 saturated carbocycles. The van der Waals surface area contributed by atoms with Crippen molar-refractivity contribution in [2.75, 3.05) is 0 Å². The molecule has 0 bridgehead atoms. The van der Waals surface area contributed by atoms with Gasteiger partial charge in [-0.05, 0) is 110 Å². The molecule has 0 fully saturated rings. The predicted molar refractivity (Wildman–Crippen MR) is 261 cm³/mol. The van der Waals surface area contributed by atoms with Crippen LogP contribution in [0.5, 0.6) is 0 Å². The Bertz CT molecular complexity index is 3700. The van der Waals surface area contributed by atoms with Crippen LogP contribution in [-0.4, -0.2) is 9.13 Å². The first-order valence-corrected chi connectivity index (χ1v) is 21.4. The van der Waals surface area contributed by atoms with E-state index in [2.05, 4.69) is 240 Å². The molecule has 10 aromatic carbocycles. The number of para-hydroxylation sites is 2. The van der Waals surface area contributed by atoms with Crippen molar-refractivity contribution in [3.63, 3.8) is 0 Å². The lowest BCUT2D eigenvalue weighted by Gasteiger charge is -2.15. The van der Waals surface area contributed by atoms with Gasteiger partial charge in [0.15, 0.2) is 0 Å². The minimum absolute atomic E-state index is 1.16. The molecule has 0 spiro atoms.